The number of benzene rings is 1. The molecule has 3 amide bonds. The Morgan fingerprint density at radius 3 is 2.29 bits per heavy atom. The van der Waals surface area contributed by atoms with Crippen molar-refractivity contribution >= 4 is 23.9 Å². The van der Waals surface area contributed by atoms with Crippen LogP contribution in [0.5, 0.6) is 0 Å². The predicted molar refractivity (Wildman–Crippen MR) is 97.4 cm³/mol. The van der Waals surface area contributed by atoms with Crippen LogP contribution in [0.3, 0.4) is 0 Å². The normalized spacial score (nSPS) is 11.3. The zero-order valence-corrected chi connectivity index (χ0v) is 15.2. The van der Waals surface area contributed by atoms with E-state index in [1.165, 1.54) is 18.2 Å². The molecule has 1 rings (SSSR count). The van der Waals surface area contributed by atoms with Crippen LogP contribution in [0, 0.1) is 5.82 Å². The molecule has 5 N–H and O–H groups in total. The maximum Gasteiger partial charge on any atom is 0.326 e. The molecule has 1 aromatic rings. The molecule has 1 atom stereocenters. The smallest absolute Gasteiger partial charge is 0.326 e. The third-order valence-electron chi connectivity index (χ3n) is 3.76. The van der Waals surface area contributed by atoms with Crippen molar-refractivity contribution in [1.29, 1.82) is 0 Å². The fourth-order valence-corrected chi connectivity index (χ4v) is 2.30. The Balaban J connectivity index is 2.14. The number of urea groups is 1. The number of nitrogens with one attached hydrogen (secondary N) is 3. The van der Waals surface area contributed by atoms with Gasteiger partial charge in [-0.1, -0.05) is 6.07 Å². The molecule has 0 saturated carbocycles. The predicted octanol–water partition coefficient (Wildman–Crippen LogP) is 1.34. The molecule has 154 valence electrons. The lowest BCUT2D eigenvalue weighted by atomic mass is 10.1. The Kier molecular flexibility index (Phi) is 10.0. The monoisotopic (exact) mass is 396 g/mol. The summed E-state index contributed by atoms with van der Waals surface area (Å²) in [5.41, 5.74) is 0.245. The lowest BCUT2D eigenvalue weighted by Gasteiger charge is -2.14. The van der Waals surface area contributed by atoms with Crippen LogP contribution in [0.25, 0.3) is 0 Å². The molecule has 0 saturated heterocycles. The second-order valence-corrected chi connectivity index (χ2v) is 6.05. The lowest BCUT2D eigenvalue weighted by molar-refractivity contribution is -0.140. The van der Waals surface area contributed by atoms with Gasteiger partial charge in [0.05, 0.1) is 0 Å². The highest BCUT2D eigenvalue weighted by atomic mass is 18.2. The minimum absolute atomic E-state index is 0.205. The number of hydrogen-bond donors (Lipinski definition) is 5. The van der Waals surface area contributed by atoms with E-state index >= 15 is 0 Å². The van der Waals surface area contributed by atoms with Crippen LogP contribution in [0.1, 0.15) is 42.5 Å². The SMILES string of the molecule is O=C(O)CC[C@H](NC(=O)NCCCCCNC(=O)c1cccc([18F])c1)C(=O)O. The maximum absolute atomic E-state index is 13.0. The van der Waals surface area contributed by atoms with Crippen LogP contribution >= 0.6 is 0 Å². The van der Waals surface area contributed by atoms with E-state index in [9.17, 15) is 23.6 Å². The van der Waals surface area contributed by atoms with Crippen molar-refractivity contribution in [3.63, 3.8) is 0 Å². The van der Waals surface area contributed by atoms with Gasteiger partial charge in [-0.15, -0.1) is 0 Å². The molecule has 0 spiro atoms. The van der Waals surface area contributed by atoms with Crippen LogP contribution in [0.15, 0.2) is 24.3 Å². The minimum Gasteiger partial charge on any atom is -0.481 e. The summed E-state index contributed by atoms with van der Waals surface area (Å²) in [7, 11) is 0. The van der Waals surface area contributed by atoms with E-state index in [1.54, 1.807) is 0 Å². The summed E-state index contributed by atoms with van der Waals surface area (Å²) in [5, 5.41) is 24.9. The number of carboxylic acid groups (broad SMARTS) is 2. The number of amides is 3. The van der Waals surface area contributed by atoms with Crippen molar-refractivity contribution in [3.05, 3.63) is 35.6 Å². The van der Waals surface area contributed by atoms with Crippen molar-refractivity contribution in [2.45, 2.75) is 38.1 Å². The van der Waals surface area contributed by atoms with E-state index in [0.29, 0.717) is 32.4 Å². The average Bonchev–Trinajstić information content (AvgIpc) is 2.63. The summed E-state index contributed by atoms with van der Waals surface area (Å²) in [6.45, 7) is 0.701. The third-order valence-corrected chi connectivity index (χ3v) is 3.76. The summed E-state index contributed by atoms with van der Waals surface area (Å²) < 4.78 is 13.0. The molecule has 9 nitrogen and oxygen atoms in total. The van der Waals surface area contributed by atoms with Gasteiger partial charge in [-0.3, -0.25) is 9.59 Å². The van der Waals surface area contributed by atoms with E-state index in [1.807, 2.05) is 0 Å². The number of carbonyl (C=O) groups is 4. The van der Waals surface area contributed by atoms with Crippen molar-refractivity contribution in [3.8, 4) is 0 Å². The zero-order chi connectivity index (χ0) is 20.9. The molecule has 0 aliphatic carbocycles. The van der Waals surface area contributed by atoms with Crippen LogP contribution in [-0.4, -0.2) is 53.2 Å². The number of aliphatic carboxylic acids is 2. The maximum atomic E-state index is 13.0. The molecule has 0 radical (unpaired) electrons. The summed E-state index contributed by atoms with van der Waals surface area (Å²) >= 11 is 0. The minimum atomic E-state index is -1.30. The first-order valence-corrected chi connectivity index (χ1v) is 8.82. The largest absolute Gasteiger partial charge is 0.481 e. The van der Waals surface area contributed by atoms with Crippen LogP contribution in [-0.2, 0) is 9.59 Å². The van der Waals surface area contributed by atoms with E-state index in [-0.39, 0.29) is 24.3 Å². The van der Waals surface area contributed by atoms with Gasteiger partial charge in [-0.05, 0) is 43.9 Å². The van der Waals surface area contributed by atoms with E-state index in [2.05, 4.69) is 16.0 Å². The highest BCUT2D eigenvalue weighted by Gasteiger charge is 2.20. The first kappa shape index (κ1) is 22.9. The molecule has 1 aromatic carbocycles. The molecule has 0 aromatic heterocycles. The van der Waals surface area contributed by atoms with Crippen molar-refractivity contribution < 1.29 is 33.8 Å². The van der Waals surface area contributed by atoms with Gasteiger partial charge >= 0.3 is 18.0 Å². The molecule has 0 aliphatic heterocycles. The van der Waals surface area contributed by atoms with Crippen LogP contribution in [0.4, 0.5) is 9.18 Å². The average molecular weight is 396 g/mol. The number of carbonyl (C=O) groups excluding carboxylic acids is 2. The quantitative estimate of drug-likeness (QED) is 0.337. The Labute approximate surface area is 161 Å². The molecule has 0 fully saturated rings. The first-order valence-electron chi connectivity index (χ1n) is 8.82. The molecule has 0 aliphatic rings. The van der Waals surface area contributed by atoms with Gasteiger partial charge < -0.3 is 26.2 Å². The number of hydrogen-bond acceptors (Lipinski definition) is 4. The molecule has 0 heterocycles. The molecule has 0 bridgehead atoms. The lowest BCUT2D eigenvalue weighted by Crippen LogP contribution is -2.46. The Morgan fingerprint density at radius 1 is 1.00 bits per heavy atom. The first-order chi connectivity index (χ1) is 13.3. The highest BCUT2D eigenvalue weighted by Crippen LogP contribution is 2.03. The van der Waals surface area contributed by atoms with Gasteiger partial charge in [0.15, 0.2) is 0 Å². The molecule has 28 heavy (non-hydrogen) atoms. The van der Waals surface area contributed by atoms with Crippen LogP contribution < -0.4 is 16.0 Å². The second-order valence-electron chi connectivity index (χ2n) is 6.05. The highest BCUT2D eigenvalue weighted by molar-refractivity contribution is 5.94. The number of unbranched alkanes of at least 4 members (excludes halogenated alkanes) is 2. The Bertz CT molecular complexity index is 698. The molecular weight excluding hydrogens is 372 g/mol. The Hall–Kier alpha value is -3.17. The van der Waals surface area contributed by atoms with E-state index < -0.39 is 29.8 Å². The summed E-state index contributed by atoms with van der Waals surface area (Å²) in [6.07, 6.45) is 1.39. The van der Waals surface area contributed by atoms with Crippen molar-refractivity contribution in [2.24, 2.45) is 0 Å². The fourth-order valence-electron chi connectivity index (χ4n) is 2.30. The summed E-state index contributed by atoms with van der Waals surface area (Å²) in [6, 6.07) is 3.43. The molecule has 10 heteroatoms. The summed E-state index contributed by atoms with van der Waals surface area (Å²) in [4.78, 5) is 44.9. The molecule has 0 unspecified atom stereocenters. The number of carboxylic acids is 2. The van der Waals surface area contributed by atoms with Gasteiger partial charge in [0.25, 0.3) is 5.91 Å². The van der Waals surface area contributed by atoms with E-state index in [4.69, 9.17) is 10.2 Å². The van der Waals surface area contributed by atoms with Gasteiger partial charge in [0.2, 0.25) is 0 Å². The molecular formula is C18H24FN3O6. The number of halogens is 1. The fraction of sp³-hybridized carbons (Fsp3) is 0.444. The van der Waals surface area contributed by atoms with Gasteiger partial charge in [0.1, 0.15) is 11.9 Å². The Morgan fingerprint density at radius 2 is 1.68 bits per heavy atom. The third kappa shape index (κ3) is 9.51. The van der Waals surface area contributed by atoms with Crippen molar-refractivity contribution in [2.75, 3.05) is 13.1 Å². The van der Waals surface area contributed by atoms with Gasteiger partial charge in [-0.2, -0.15) is 0 Å². The second kappa shape index (κ2) is 12.3. The van der Waals surface area contributed by atoms with Gasteiger partial charge in [0, 0.05) is 25.1 Å². The van der Waals surface area contributed by atoms with Crippen LogP contribution in [0.2, 0.25) is 0 Å². The standard InChI is InChI=1S/C18H24FN3O6/c19-13-6-4-5-12(11-13)16(25)20-9-2-1-3-10-21-18(28)22-14(17(26)27)7-8-15(23)24/h4-6,11,14H,1-3,7-10H2,(H,20,25)(H,23,24)(H,26,27)(H2,21,22,28)/t14-/m0/s1/i19-1. The summed E-state index contributed by atoms with van der Waals surface area (Å²) in [5.74, 6) is -3.29. The number of rotatable bonds is 12. The zero-order valence-electron chi connectivity index (χ0n) is 15.2. The van der Waals surface area contributed by atoms with Gasteiger partial charge in [-0.25, -0.2) is 14.0 Å². The van der Waals surface area contributed by atoms with Crippen molar-refractivity contribution in [1.82, 2.24) is 16.0 Å². The van der Waals surface area contributed by atoms with E-state index in [0.717, 1.165) is 6.07 Å². The topological polar surface area (TPSA) is 145 Å².